The molecule has 2 aliphatic rings. The molecule has 2 aromatic rings. The number of fused-ring (bicyclic) bond motifs is 1. The number of aromatic amines is 1. The number of nitrogens with one attached hydrogen (secondary N) is 2. The Kier molecular flexibility index (Phi) is 4.49. The van der Waals surface area contributed by atoms with Crippen molar-refractivity contribution in [3.63, 3.8) is 0 Å². The summed E-state index contributed by atoms with van der Waals surface area (Å²) in [6, 6.07) is 8.06. The van der Waals surface area contributed by atoms with Crippen molar-refractivity contribution in [1.29, 1.82) is 0 Å². The molecule has 0 atom stereocenters. The van der Waals surface area contributed by atoms with Crippen LogP contribution in [-0.4, -0.2) is 33.5 Å². The zero-order valence-electron chi connectivity index (χ0n) is 15.0. The fourth-order valence-corrected chi connectivity index (χ4v) is 3.67. The summed E-state index contributed by atoms with van der Waals surface area (Å²) >= 11 is 0. The molecule has 6 heteroatoms. The van der Waals surface area contributed by atoms with Crippen molar-refractivity contribution in [3.8, 4) is 0 Å². The minimum absolute atomic E-state index is 0.182. The van der Waals surface area contributed by atoms with Crippen LogP contribution in [0.4, 0.5) is 0 Å². The molecule has 1 aliphatic heterocycles. The van der Waals surface area contributed by atoms with E-state index in [0.717, 1.165) is 42.5 Å². The average molecular weight is 352 g/mol. The van der Waals surface area contributed by atoms with Crippen LogP contribution >= 0.6 is 0 Å². The molecule has 2 N–H and O–H groups in total. The summed E-state index contributed by atoms with van der Waals surface area (Å²) in [4.78, 5) is 27.0. The molecule has 1 fully saturated rings. The Labute approximate surface area is 153 Å². The minimum Gasteiger partial charge on any atom is -0.347 e. The second-order valence-electron chi connectivity index (χ2n) is 7.34. The molecule has 2 amide bonds. The van der Waals surface area contributed by atoms with Gasteiger partial charge in [0.25, 0.3) is 5.91 Å². The van der Waals surface area contributed by atoms with Crippen LogP contribution in [0.2, 0.25) is 0 Å². The van der Waals surface area contributed by atoms with Crippen molar-refractivity contribution < 1.29 is 9.59 Å². The van der Waals surface area contributed by atoms with Crippen LogP contribution in [0.3, 0.4) is 0 Å². The topological polar surface area (TPSA) is 78.1 Å². The molecule has 0 unspecified atom stereocenters. The molecule has 26 heavy (non-hydrogen) atoms. The standard InChI is InChI=1S/C20H24N4O2/c1-13-4-2-5-14(10-13)11-21-19(25)18-16-12-24(9-8-17(16)22-23-18)20(26)15-6-3-7-15/h2,4-5,10,15H,3,6-9,11-12H2,1H3,(H,21,25)(H,22,23). The smallest absolute Gasteiger partial charge is 0.272 e. The molecule has 0 spiro atoms. The maximum absolute atomic E-state index is 12.6. The van der Waals surface area contributed by atoms with Gasteiger partial charge in [0.1, 0.15) is 0 Å². The van der Waals surface area contributed by atoms with Gasteiger partial charge in [-0.1, -0.05) is 36.2 Å². The highest BCUT2D eigenvalue weighted by atomic mass is 16.2. The number of rotatable bonds is 4. The second-order valence-corrected chi connectivity index (χ2v) is 7.34. The number of hydrogen-bond donors (Lipinski definition) is 2. The van der Waals surface area contributed by atoms with Gasteiger partial charge in [-0.15, -0.1) is 0 Å². The number of hydrogen-bond acceptors (Lipinski definition) is 3. The molecule has 136 valence electrons. The summed E-state index contributed by atoms with van der Waals surface area (Å²) in [5.41, 5.74) is 4.48. The molecule has 0 radical (unpaired) electrons. The third-order valence-electron chi connectivity index (χ3n) is 5.45. The predicted octanol–water partition coefficient (Wildman–Crippen LogP) is 2.33. The molecule has 1 aromatic heterocycles. The number of H-pyrrole nitrogens is 1. The van der Waals surface area contributed by atoms with Crippen LogP contribution in [0.25, 0.3) is 0 Å². The van der Waals surface area contributed by atoms with E-state index in [-0.39, 0.29) is 17.7 Å². The first-order valence-corrected chi connectivity index (χ1v) is 9.30. The lowest BCUT2D eigenvalue weighted by molar-refractivity contribution is -0.139. The Bertz CT molecular complexity index is 838. The lowest BCUT2D eigenvalue weighted by Gasteiger charge is -2.33. The summed E-state index contributed by atoms with van der Waals surface area (Å²) in [5, 5.41) is 10.2. The third kappa shape index (κ3) is 3.23. The van der Waals surface area contributed by atoms with Crippen LogP contribution < -0.4 is 5.32 Å². The highest BCUT2D eigenvalue weighted by molar-refractivity contribution is 5.94. The van der Waals surface area contributed by atoms with E-state index in [9.17, 15) is 9.59 Å². The van der Waals surface area contributed by atoms with Crippen LogP contribution in [0, 0.1) is 12.8 Å². The first-order valence-electron chi connectivity index (χ1n) is 9.30. The largest absolute Gasteiger partial charge is 0.347 e. The molecule has 2 heterocycles. The van der Waals surface area contributed by atoms with E-state index in [1.165, 1.54) is 5.56 Å². The van der Waals surface area contributed by atoms with Gasteiger partial charge in [-0.05, 0) is 25.3 Å². The van der Waals surface area contributed by atoms with Gasteiger partial charge < -0.3 is 10.2 Å². The minimum atomic E-state index is -0.193. The Hall–Kier alpha value is -2.63. The number of aromatic nitrogens is 2. The molecule has 1 aromatic carbocycles. The molecule has 1 saturated carbocycles. The maximum atomic E-state index is 12.6. The number of aryl methyl sites for hydroxylation is 1. The van der Waals surface area contributed by atoms with Crippen LogP contribution in [-0.2, 0) is 24.3 Å². The summed E-state index contributed by atoms with van der Waals surface area (Å²) in [6.45, 7) is 3.68. The van der Waals surface area contributed by atoms with E-state index in [4.69, 9.17) is 0 Å². The number of amides is 2. The van der Waals surface area contributed by atoms with Crippen molar-refractivity contribution in [1.82, 2.24) is 20.4 Å². The van der Waals surface area contributed by atoms with Crippen molar-refractivity contribution >= 4 is 11.8 Å². The number of nitrogens with zero attached hydrogens (tertiary/aromatic N) is 2. The molecule has 0 bridgehead atoms. The molecule has 0 saturated heterocycles. The van der Waals surface area contributed by atoms with Gasteiger partial charge >= 0.3 is 0 Å². The summed E-state index contributed by atoms with van der Waals surface area (Å²) in [5.74, 6) is 0.221. The molecular formula is C20H24N4O2. The van der Waals surface area contributed by atoms with Gasteiger partial charge in [0.2, 0.25) is 5.91 Å². The number of carbonyl (C=O) groups excluding carboxylic acids is 2. The average Bonchev–Trinajstić information content (AvgIpc) is 3.01. The van der Waals surface area contributed by atoms with E-state index >= 15 is 0 Å². The quantitative estimate of drug-likeness (QED) is 0.886. The highest BCUT2D eigenvalue weighted by Gasteiger charge is 2.33. The Morgan fingerprint density at radius 3 is 2.92 bits per heavy atom. The number of carbonyl (C=O) groups is 2. The van der Waals surface area contributed by atoms with Crippen molar-refractivity contribution in [2.75, 3.05) is 6.54 Å². The summed E-state index contributed by atoms with van der Waals surface area (Å²) in [7, 11) is 0. The van der Waals surface area contributed by atoms with Gasteiger partial charge in [-0.2, -0.15) is 5.10 Å². The number of benzene rings is 1. The molecular weight excluding hydrogens is 328 g/mol. The normalized spacial score (nSPS) is 16.7. The van der Waals surface area contributed by atoms with Gasteiger partial charge in [0, 0.05) is 43.2 Å². The SMILES string of the molecule is Cc1cccc(CNC(=O)c2n[nH]c3c2CN(C(=O)C2CCC2)CC3)c1. The van der Waals surface area contributed by atoms with Crippen molar-refractivity contribution in [2.45, 2.75) is 45.7 Å². The first kappa shape index (κ1) is 16.8. The lowest BCUT2D eigenvalue weighted by Crippen LogP contribution is -2.42. The maximum Gasteiger partial charge on any atom is 0.272 e. The van der Waals surface area contributed by atoms with Gasteiger partial charge in [0.05, 0.1) is 0 Å². The van der Waals surface area contributed by atoms with Gasteiger partial charge in [-0.3, -0.25) is 14.7 Å². The van der Waals surface area contributed by atoms with Crippen LogP contribution in [0.15, 0.2) is 24.3 Å². The van der Waals surface area contributed by atoms with Crippen molar-refractivity contribution in [2.24, 2.45) is 5.92 Å². The van der Waals surface area contributed by atoms with Crippen molar-refractivity contribution in [3.05, 3.63) is 52.3 Å². The van der Waals surface area contributed by atoms with E-state index in [1.54, 1.807) is 0 Å². The monoisotopic (exact) mass is 352 g/mol. The lowest BCUT2D eigenvalue weighted by atomic mass is 9.84. The predicted molar refractivity (Wildman–Crippen MR) is 97.4 cm³/mol. The first-order chi connectivity index (χ1) is 12.6. The van der Waals surface area contributed by atoms with E-state index in [0.29, 0.717) is 25.3 Å². The fraction of sp³-hybridized carbons (Fsp3) is 0.450. The van der Waals surface area contributed by atoms with E-state index in [1.807, 2.05) is 30.0 Å². The summed E-state index contributed by atoms with van der Waals surface area (Å²) in [6.07, 6.45) is 3.87. The molecule has 4 rings (SSSR count). The Morgan fingerprint density at radius 1 is 1.35 bits per heavy atom. The zero-order chi connectivity index (χ0) is 18.1. The Morgan fingerprint density at radius 2 is 2.19 bits per heavy atom. The Balaban J connectivity index is 1.44. The molecule has 1 aliphatic carbocycles. The third-order valence-corrected chi connectivity index (χ3v) is 5.45. The van der Waals surface area contributed by atoms with Crippen LogP contribution in [0.1, 0.15) is 52.1 Å². The zero-order valence-corrected chi connectivity index (χ0v) is 15.0. The van der Waals surface area contributed by atoms with Gasteiger partial charge in [-0.25, -0.2) is 0 Å². The summed E-state index contributed by atoms with van der Waals surface area (Å²) < 4.78 is 0. The molecule has 6 nitrogen and oxygen atoms in total. The van der Waals surface area contributed by atoms with E-state index < -0.39 is 0 Å². The van der Waals surface area contributed by atoms with Crippen LogP contribution in [0.5, 0.6) is 0 Å². The highest BCUT2D eigenvalue weighted by Crippen LogP contribution is 2.30. The second kappa shape index (κ2) is 6.94. The fourth-order valence-electron chi connectivity index (χ4n) is 3.67. The van der Waals surface area contributed by atoms with E-state index in [2.05, 4.69) is 21.6 Å². The van der Waals surface area contributed by atoms with Gasteiger partial charge in [0.15, 0.2) is 5.69 Å².